The van der Waals surface area contributed by atoms with Gasteiger partial charge in [-0.15, -0.1) is 10.2 Å². The van der Waals surface area contributed by atoms with Gasteiger partial charge in [0.15, 0.2) is 10.8 Å². The molecule has 1 aliphatic carbocycles. The molecule has 2 heterocycles. The first kappa shape index (κ1) is 22.3. The van der Waals surface area contributed by atoms with Gasteiger partial charge in [-0.2, -0.15) is 9.97 Å². The molecule has 0 radical (unpaired) electrons. The van der Waals surface area contributed by atoms with E-state index in [4.69, 9.17) is 4.74 Å². The molecule has 3 aromatic rings. The van der Waals surface area contributed by atoms with E-state index in [9.17, 15) is 9.50 Å². The van der Waals surface area contributed by atoms with Gasteiger partial charge in [0.25, 0.3) is 0 Å². The van der Waals surface area contributed by atoms with E-state index >= 15 is 0 Å². The Bertz CT molecular complexity index is 1100. The molecule has 170 valence electrons. The standard InChI is InChI=1S/C21H26FN7O2S/c1-21(23-2)8-7-14(22)15(10-21)29(3)20-28-27-18(32-20)13-6-5-12(9-16(13)30)17-24-11-25-19(26-17)31-4/h5-6,9,11,14-15,23,30H,7-8,10H2,1-4H3/t14?,15-,21-/m0/s1. The number of aromatic nitrogens is 5. The summed E-state index contributed by atoms with van der Waals surface area (Å²) >= 11 is 1.31. The molecule has 2 N–H and O–H groups in total. The first-order valence-electron chi connectivity index (χ1n) is 10.3. The largest absolute Gasteiger partial charge is 0.507 e. The fourth-order valence-electron chi connectivity index (χ4n) is 3.93. The number of nitrogens with one attached hydrogen (secondary N) is 1. The molecule has 0 spiro atoms. The Morgan fingerprint density at radius 3 is 2.84 bits per heavy atom. The van der Waals surface area contributed by atoms with Gasteiger partial charge in [0.1, 0.15) is 18.2 Å². The summed E-state index contributed by atoms with van der Waals surface area (Å²) in [5, 5.41) is 23.6. The third kappa shape index (κ3) is 4.35. The summed E-state index contributed by atoms with van der Waals surface area (Å²) in [6.45, 7) is 2.12. The number of hydrogen-bond acceptors (Lipinski definition) is 10. The second-order valence-electron chi connectivity index (χ2n) is 8.17. The third-order valence-electron chi connectivity index (χ3n) is 6.08. The second-order valence-corrected chi connectivity index (χ2v) is 9.12. The van der Waals surface area contributed by atoms with Crippen molar-refractivity contribution in [3.63, 3.8) is 0 Å². The highest BCUT2D eigenvalue weighted by atomic mass is 32.1. The smallest absolute Gasteiger partial charge is 0.319 e. The van der Waals surface area contributed by atoms with Gasteiger partial charge in [0.2, 0.25) is 5.13 Å². The molecular weight excluding hydrogens is 433 g/mol. The lowest BCUT2D eigenvalue weighted by Crippen LogP contribution is -2.54. The molecule has 1 fully saturated rings. The van der Waals surface area contributed by atoms with Gasteiger partial charge < -0.3 is 20.1 Å². The number of alkyl halides is 1. The molecule has 11 heteroatoms. The number of phenols is 1. The Hall–Kier alpha value is -2.92. The molecule has 0 bridgehead atoms. The van der Waals surface area contributed by atoms with Gasteiger partial charge in [-0.25, -0.2) is 9.37 Å². The van der Waals surface area contributed by atoms with Crippen LogP contribution in [-0.4, -0.2) is 69.2 Å². The van der Waals surface area contributed by atoms with E-state index in [1.807, 2.05) is 19.0 Å². The highest BCUT2D eigenvalue weighted by Gasteiger charge is 2.40. The van der Waals surface area contributed by atoms with E-state index < -0.39 is 6.17 Å². The number of benzene rings is 1. The van der Waals surface area contributed by atoms with Crippen LogP contribution in [0.3, 0.4) is 0 Å². The molecule has 0 saturated heterocycles. The summed E-state index contributed by atoms with van der Waals surface area (Å²) in [7, 11) is 5.24. The Morgan fingerprint density at radius 2 is 2.12 bits per heavy atom. The van der Waals surface area contributed by atoms with E-state index in [0.717, 1.165) is 6.42 Å². The number of hydrogen-bond donors (Lipinski definition) is 2. The zero-order valence-electron chi connectivity index (χ0n) is 18.4. The van der Waals surface area contributed by atoms with Crippen molar-refractivity contribution in [2.24, 2.45) is 0 Å². The van der Waals surface area contributed by atoms with Crippen LogP contribution in [0.2, 0.25) is 0 Å². The Morgan fingerprint density at radius 1 is 1.31 bits per heavy atom. The van der Waals surface area contributed by atoms with E-state index in [0.29, 0.717) is 39.9 Å². The minimum atomic E-state index is -0.932. The van der Waals surface area contributed by atoms with Crippen LogP contribution < -0.4 is 15.0 Å². The summed E-state index contributed by atoms with van der Waals surface area (Å²) in [6, 6.07) is 4.98. The van der Waals surface area contributed by atoms with Gasteiger partial charge in [0.05, 0.1) is 18.7 Å². The van der Waals surface area contributed by atoms with E-state index in [-0.39, 0.29) is 23.3 Å². The van der Waals surface area contributed by atoms with Crippen molar-refractivity contribution < 1.29 is 14.2 Å². The van der Waals surface area contributed by atoms with Gasteiger partial charge in [-0.3, -0.25) is 0 Å². The number of rotatable bonds is 6. The third-order valence-corrected chi connectivity index (χ3v) is 7.13. The van der Waals surface area contributed by atoms with Crippen LogP contribution in [0.15, 0.2) is 24.5 Å². The van der Waals surface area contributed by atoms with Crippen molar-refractivity contribution >= 4 is 16.5 Å². The van der Waals surface area contributed by atoms with Crippen LogP contribution in [0.4, 0.5) is 9.52 Å². The SMILES string of the molecule is CN[C@@]1(C)CCC(F)[C@@H](N(C)c2nnc(-c3ccc(-c4ncnc(OC)n4)cc3O)s2)C1. The Balaban J connectivity index is 1.56. The van der Waals surface area contributed by atoms with Crippen molar-refractivity contribution in [2.75, 3.05) is 26.1 Å². The van der Waals surface area contributed by atoms with Crippen molar-refractivity contribution in [1.82, 2.24) is 30.5 Å². The molecule has 1 saturated carbocycles. The van der Waals surface area contributed by atoms with Gasteiger partial charge in [0, 0.05) is 18.2 Å². The van der Waals surface area contributed by atoms with Crippen molar-refractivity contribution in [3.05, 3.63) is 24.5 Å². The molecule has 1 aliphatic rings. The van der Waals surface area contributed by atoms with Gasteiger partial charge in [-0.05, 0) is 45.4 Å². The number of anilines is 1. The topological polar surface area (TPSA) is 109 Å². The maximum absolute atomic E-state index is 14.7. The highest BCUT2D eigenvalue weighted by Crippen LogP contribution is 2.39. The lowest BCUT2D eigenvalue weighted by Gasteiger charge is -2.43. The van der Waals surface area contributed by atoms with Crippen LogP contribution in [0, 0.1) is 0 Å². The average molecular weight is 460 g/mol. The first-order valence-corrected chi connectivity index (χ1v) is 11.1. The van der Waals surface area contributed by atoms with Crippen molar-refractivity contribution in [1.29, 1.82) is 0 Å². The van der Waals surface area contributed by atoms with Crippen LogP contribution >= 0.6 is 11.3 Å². The summed E-state index contributed by atoms with van der Waals surface area (Å²) in [6.07, 6.45) is 2.39. The molecule has 0 amide bonds. The van der Waals surface area contributed by atoms with Crippen LogP contribution in [0.25, 0.3) is 22.0 Å². The molecule has 0 aliphatic heterocycles. The zero-order valence-corrected chi connectivity index (χ0v) is 19.2. The van der Waals surface area contributed by atoms with E-state index in [1.54, 1.807) is 18.2 Å². The summed E-state index contributed by atoms with van der Waals surface area (Å²) in [5.74, 6) is 0.409. The number of halogens is 1. The Kier molecular flexibility index (Phi) is 6.20. The lowest BCUT2D eigenvalue weighted by atomic mass is 9.79. The summed E-state index contributed by atoms with van der Waals surface area (Å²) in [4.78, 5) is 14.1. The summed E-state index contributed by atoms with van der Waals surface area (Å²) < 4.78 is 19.8. The molecule has 4 rings (SSSR count). The van der Waals surface area contributed by atoms with Gasteiger partial charge in [-0.1, -0.05) is 17.4 Å². The Labute approximate surface area is 189 Å². The van der Waals surface area contributed by atoms with Gasteiger partial charge >= 0.3 is 6.01 Å². The normalized spacial score (nSPS) is 23.2. The van der Waals surface area contributed by atoms with Crippen LogP contribution in [-0.2, 0) is 0 Å². The fourth-order valence-corrected chi connectivity index (χ4v) is 4.82. The minimum absolute atomic E-state index is 0.0241. The van der Waals surface area contributed by atoms with Crippen molar-refractivity contribution in [3.8, 4) is 33.7 Å². The zero-order chi connectivity index (χ0) is 22.9. The number of methoxy groups -OCH3 is 1. The second kappa shape index (κ2) is 8.91. The monoisotopic (exact) mass is 459 g/mol. The molecule has 1 aromatic carbocycles. The summed E-state index contributed by atoms with van der Waals surface area (Å²) in [5.41, 5.74) is 1.04. The number of phenolic OH excluding ortho intramolecular Hbond substituents is 1. The van der Waals surface area contributed by atoms with E-state index in [2.05, 4.69) is 37.4 Å². The number of nitrogens with zero attached hydrogens (tertiary/aromatic N) is 6. The molecule has 3 atom stereocenters. The number of aromatic hydroxyl groups is 1. The molecular formula is C21H26FN7O2S. The maximum atomic E-state index is 14.7. The number of ether oxygens (including phenoxy) is 1. The average Bonchev–Trinajstić information content (AvgIpc) is 3.30. The van der Waals surface area contributed by atoms with Crippen LogP contribution in [0.1, 0.15) is 26.2 Å². The predicted molar refractivity (Wildman–Crippen MR) is 121 cm³/mol. The van der Waals surface area contributed by atoms with Crippen molar-refractivity contribution in [2.45, 2.75) is 43.9 Å². The predicted octanol–water partition coefficient (Wildman–Crippen LogP) is 3.08. The molecule has 1 unspecified atom stereocenters. The molecule has 9 nitrogen and oxygen atoms in total. The quantitative estimate of drug-likeness (QED) is 0.575. The van der Waals surface area contributed by atoms with E-state index in [1.165, 1.54) is 24.8 Å². The van der Waals surface area contributed by atoms with Crippen LogP contribution in [0.5, 0.6) is 11.8 Å². The fraction of sp³-hybridized carbons (Fsp3) is 0.476. The maximum Gasteiger partial charge on any atom is 0.319 e. The molecule has 2 aromatic heterocycles. The lowest BCUT2D eigenvalue weighted by molar-refractivity contribution is 0.143. The first-order chi connectivity index (χ1) is 15.3. The highest BCUT2D eigenvalue weighted by molar-refractivity contribution is 7.18. The molecule has 32 heavy (non-hydrogen) atoms. The minimum Gasteiger partial charge on any atom is -0.507 e.